The van der Waals surface area contributed by atoms with Crippen molar-refractivity contribution in [1.82, 2.24) is 4.90 Å². The lowest BCUT2D eigenvalue weighted by Crippen LogP contribution is -2.35. The third kappa shape index (κ3) is 3.33. The highest BCUT2D eigenvalue weighted by molar-refractivity contribution is 5.79. The molecule has 3 heteroatoms. The van der Waals surface area contributed by atoms with Gasteiger partial charge in [-0.15, -0.1) is 0 Å². The second-order valence-electron chi connectivity index (χ2n) is 5.73. The molecule has 1 fully saturated rings. The highest BCUT2D eigenvalue weighted by Crippen LogP contribution is 2.28. The van der Waals surface area contributed by atoms with E-state index >= 15 is 0 Å². The van der Waals surface area contributed by atoms with Gasteiger partial charge in [-0.05, 0) is 37.5 Å². The predicted molar refractivity (Wildman–Crippen MR) is 80.8 cm³/mol. The Hall–Kier alpha value is -1.51. The fourth-order valence-electron chi connectivity index (χ4n) is 2.93. The van der Waals surface area contributed by atoms with Crippen molar-refractivity contribution in [2.24, 2.45) is 5.92 Å². The Labute approximate surface area is 121 Å². The molecule has 0 radical (unpaired) electrons. The molecular formula is C17H25NO2. The minimum atomic E-state index is 0.107. The van der Waals surface area contributed by atoms with E-state index in [0.29, 0.717) is 5.91 Å². The van der Waals surface area contributed by atoms with Crippen LogP contribution in [0, 0.1) is 5.92 Å². The number of methoxy groups -OCH3 is 1. The lowest BCUT2D eigenvalue weighted by molar-refractivity contribution is -0.137. The first-order valence-electron chi connectivity index (χ1n) is 7.54. The molecule has 0 bridgehead atoms. The van der Waals surface area contributed by atoms with E-state index in [2.05, 4.69) is 6.92 Å². The molecule has 0 heterocycles. The normalized spacial score (nSPS) is 17.6. The Morgan fingerprint density at radius 2 is 1.80 bits per heavy atom. The molecule has 1 saturated carbocycles. The minimum Gasteiger partial charge on any atom is -0.497 e. The minimum absolute atomic E-state index is 0.107. The number of benzene rings is 1. The zero-order chi connectivity index (χ0) is 14.5. The third-order valence-corrected chi connectivity index (χ3v) is 4.48. The quantitative estimate of drug-likeness (QED) is 0.836. The molecule has 0 aromatic heterocycles. The number of hydrogen-bond donors (Lipinski definition) is 0. The standard InChI is InChI=1S/C17H25NO2/c1-13(14-9-11-16(20-3)12-10-14)18(2)17(19)15-7-5-4-6-8-15/h9-13,15H,4-8H2,1-3H3. The van der Waals surface area contributed by atoms with Gasteiger partial charge in [-0.25, -0.2) is 0 Å². The van der Waals surface area contributed by atoms with Gasteiger partial charge in [0, 0.05) is 13.0 Å². The maximum Gasteiger partial charge on any atom is 0.225 e. The Bertz CT molecular complexity index is 435. The van der Waals surface area contributed by atoms with Crippen LogP contribution in [0.4, 0.5) is 0 Å². The van der Waals surface area contributed by atoms with E-state index in [1.807, 2.05) is 36.2 Å². The van der Waals surface area contributed by atoms with Gasteiger partial charge in [0.2, 0.25) is 5.91 Å². The van der Waals surface area contributed by atoms with Gasteiger partial charge in [-0.2, -0.15) is 0 Å². The highest BCUT2D eigenvalue weighted by Gasteiger charge is 2.26. The van der Waals surface area contributed by atoms with Gasteiger partial charge in [0.05, 0.1) is 13.2 Å². The lowest BCUT2D eigenvalue weighted by Gasteiger charge is -2.31. The molecule has 0 saturated heterocycles. The fraction of sp³-hybridized carbons (Fsp3) is 0.588. The molecule has 2 rings (SSSR count). The van der Waals surface area contributed by atoms with Crippen molar-refractivity contribution in [2.45, 2.75) is 45.1 Å². The summed E-state index contributed by atoms with van der Waals surface area (Å²) in [5.74, 6) is 1.38. The topological polar surface area (TPSA) is 29.5 Å². The van der Waals surface area contributed by atoms with Crippen LogP contribution < -0.4 is 4.74 Å². The summed E-state index contributed by atoms with van der Waals surface area (Å²) in [6.45, 7) is 2.09. The first-order chi connectivity index (χ1) is 9.63. The summed E-state index contributed by atoms with van der Waals surface area (Å²) < 4.78 is 5.17. The molecule has 1 aromatic carbocycles. The van der Waals surface area contributed by atoms with E-state index in [4.69, 9.17) is 4.74 Å². The van der Waals surface area contributed by atoms with Crippen molar-refractivity contribution in [3.63, 3.8) is 0 Å². The molecule has 20 heavy (non-hydrogen) atoms. The number of rotatable bonds is 4. The molecule has 1 unspecified atom stereocenters. The zero-order valence-electron chi connectivity index (χ0n) is 12.8. The van der Waals surface area contributed by atoms with E-state index in [0.717, 1.165) is 24.2 Å². The van der Waals surface area contributed by atoms with E-state index in [1.54, 1.807) is 7.11 Å². The maximum absolute atomic E-state index is 12.5. The lowest BCUT2D eigenvalue weighted by atomic mass is 9.88. The Morgan fingerprint density at radius 1 is 1.20 bits per heavy atom. The Kier molecular flexibility index (Phi) is 5.05. The predicted octanol–water partition coefficient (Wildman–Crippen LogP) is 3.79. The molecule has 1 aliphatic rings. The molecule has 0 N–H and O–H groups in total. The molecular weight excluding hydrogens is 250 g/mol. The average molecular weight is 275 g/mol. The van der Waals surface area contributed by atoms with Crippen LogP contribution in [0.3, 0.4) is 0 Å². The number of carbonyl (C=O) groups excluding carboxylic acids is 1. The molecule has 1 aliphatic carbocycles. The van der Waals surface area contributed by atoms with E-state index in [1.165, 1.54) is 19.3 Å². The number of nitrogens with zero attached hydrogens (tertiary/aromatic N) is 1. The summed E-state index contributed by atoms with van der Waals surface area (Å²) >= 11 is 0. The molecule has 0 aliphatic heterocycles. The fourth-order valence-corrected chi connectivity index (χ4v) is 2.93. The van der Waals surface area contributed by atoms with Crippen LogP contribution >= 0.6 is 0 Å². The van der Waals surface area contributed by atoms with Gasteiger partial charge in [-0.1, -0.05) is 31.4 Å². The van der Waals surface area contributed by atoms with E-state index in [-0.39, 0.29) is 12.0 Å². The summed E-state index contributed by atoms with van der Waals surface area (Å²) in [5.41, 5.74) is 1.15. The van der Waals surface area contributed by atoms with Gasteiger partial charge in [0.1, 0.15) is 5.75 Å². The van der Waals surface area contributed by atoms with Gasteiger partial charge in [0.25, 0.3) is 0 Å². The van der Waals surface area contributed by atoms with E-state index in [9.17, 15) is 4.79 Å². The van der Waals surface area contributed by atoms with Gasteiger partial charge in [-0.3, -0.25) is 4.79 Å². The van der Waals surface area contributed by atoms with E-state index < -0.39 is 0 Å². The van der Waals surface area contributed by atoms with Crippen molar-refractivity contribution in [3.8, 4) is 5.75 Å². The summed E-state index contributed by atoms with van der Waals surface area (Å²) in [6.07, 6.45) is 5.78. The molecule has 1 aromatic rings. The van der Waals surface area contributed by atoms with Crippen molar-refractivity contribution < 1.29 is 9.53 Å². The number of ether oxygens (including phenoxy) is 1. The van der Waals surface area contributed by atoms with Crippen LogP contribution in [-0.2, 0) is 4.79 Å². The van der Waals surface area contributed by atoms with Crippen LogP contribution in [0.15, 0.2) is 24.3 Å². The SMILES string of the molecule is COc1ccc(C(C)N(C)C(=O)C2CCCCC2)cc1. The summed E-state index contributed by atoms with van der Waals surface area (Å²) in [7, 11) is 3.59. The second-order valence-corrected chi connectivity index (χ2v) is 5.73. The van der Waals surface area contributed by atoms with Crippen LogP contribution in [-0.4, -0.2) is 25.0 Å². The van der Waals surface area contributed by atoms with Crippen molar-refractivity contribution >= 4 is 5.91 Å². The number of carbonyl (C=O) groups is 1. The zero-order valence-corrected chi connectivity index (χ0v) is 12.8. The third-order valence-electron chi connectivity index (χ3n) is 4.48. The van der Waals surface area contributed by atoms with Crippen LogP contribution in [0.25, 0.3) is 0 Å². The number of hydrogen-bond acceptors (Lipinski definition) is 2. The highest BCUT2D eigenvalue weighted by atomic mass is 16.5. The summed E-state index contributed by atoms with van der Waals surface area (Å²) in [5, 5.41) is 0. The number of amides is 1. The molecule has 1 amide bonds. The van der Waals surface area contributed by atoms with Crippen LogP contribution in [0.1, 0.15) is 50.6 Å². The van der Waals surface area contributed by atoms with Gasteiger partial charge >= 0.3 is 0 Å². The molecule has 3 nitrogen and oxygen atoms in total. The monoisotopic (exact) mass is 275 g/mol. The van der Waals surface area contributed by atoms with Crippen LogP contribution in [0.2, 0.25) is 0 Å². The summed E-state index contributed by atoms with van der Waals surface area (Å²) in [6, 6.07) is 8.08. The van der Waals surface area contributed by atoms with Crippen molar-refractivity contribution in [3.05, 3.63) is 29.8 Å². The first-order valence-corrected chi connectivity index (χ1v) is 7.54. The first kappa shape index (κ1) is 14.9. The smallest absolute Gasteiger partial charge is 0.225 e. The second kappa shape index (κ2) is 6.78. The summed E-state index contributed by atoms with van der Waals surface area (Å²) in [4.78, 5) is 14.4. The van der Waals surface area contributed by atoms with Crippen molar-refractivity contribution in [1.29, 1.82) is 0 Å². The maximum atomic E-state index is 12.5. The Morgan fingerprint density at radius 3 is 2.35 bits per heavy atom. The largest absolute Gasteiger partial charge is 0.497 e. The van der Waals surface area contributed by atoms with Crippen molar-refractivity contribution in [2.75, 3.05) is 14.2 Å². The molecule has 1 atom stereocenters. The molecule has 110 valence electrons. The van der Waals surface area contributed by atoms with Crippen LogP contribution in [0.5, 0.6) is 5.75 Å². The van der Waals surface area contributed by atoms with Gasteiger partial charge in [0.15, 0.2) is 0 Å². The average Bonchev–Trinajstić information content (AvgIpc) is 2.53. The van der Waals surface area contributed by atoms with Gasteiger partial charge < -0.3 is 9.64 Å². The molecule has 0 spiro atoms. The Balaban J connectivity index is 2.02.